The van der Waals surface area contributed by atoms with Gasteiger partial charge in [0, 0.05) is 0 Å². The monoisotopic (exact) mass is 174 g/mol. The minimum atomic E-state index is -1.30. The van der Waals surface area contributed by atoms with Gasteiger partial charge in [-0.15, -0.1) is 0 Å². The molecular formula is C10H11BO2. The smallest absolute Gasteiger partial charge is 0.423 e. The van der Waals surface area contributed by atoms with Gasteiger partial charge >= 0.3 is 7.12 Å². The van der Waals surface area contributed by atoms with Crippen LogP contribution in [0.3, 0.4) is 0 Å². The molecule has 1 aromatic rings. The van der Waals surface area contributed by atoms with Gasteiger partial charge in [0.25, 0.3) is 0 Å². The van der Waals surface area contributed by atoms with E-state index in [1.54, 1.807) is 0 Å². The van der Waals surface area contributed by atoms with Crippen LogP contribution in [0.4, 0.5) is 0 Å². The molecule has 0 saturated heterocycles. The fraction of sp³-hybridized carbons (Fsp3) is 0.200. The highest BCUT2D eigenvalue weighted by Crippen LogP contribution is 2.23. The molecular weight excluding hydrogens is 163 g/mol. The van der Waals surface area contributed by atoms with E-state index in [1.807, 2.05) is 24.3 Å². The number of allylic oxidation sites excluding steroid dienone is 1. The average Bonchev–Trinajstić information content (AvgIpc) is 2.17. The Morgan fingerprint density at radius 1 is 1.08 bits per heavy atom. The number of rotatable bonds is 1. The first-order valence-corrected chi connectivity index (χ1v) is 4.42. The Morgan fingerprint density at radius 3 is 2.62 bits per heavy atom. The predicted octanol–water partition coefficient (Wildman–Crippen LogP) is 1.03. The first-order valence-electron chi connectivity index (χ1n) is 4.42. The molecule has 13 heavy (non-hydrogen) atoms. The van der Waals surface area contributed by atoms with Crippen molar-refractivity contribution in [2.45, 2.75) is 12.8 Å². The van der Waals surface area contributed by atoms with Gasteiger partial charge in [-0.25, -0.2) is 0 Å². The zero-order valence-corrected chi connectivity index (χ0v) is 7.27. The van der Waals surface area contributed by atoms with Crippen molar-refractivity contribution in [2.75, 3.05) is 0 Å². The van der Waals surface area contributed by atoms with Gasteiger partial charge in [0.2, 0.25) is 0 Å². The van der Waals surface area contributed by atoms with E-state index in [0.29, 0.717) is 5.47 Å². The summed E-state index contributed by atoms with van der Waals surface area (Å²) in [6.45, 7) is 0. The van der Waals surface area contributed by atoms with Crippen LogP contribution in [0.15, 0.2) is 29.7 Å². The normalized spacial score (nSPS) is 14.8. The number of hydrogen-bond acceptors (Lipinski definition) is 2. The molecule has 1 aliphatic carbocycles. The molecule has 2 N–H and O–H groups in total. The highest BCUT2D eigenvalue weighted by molar-refractivity contribution is 6.52. The van der Waals surface area contributed by atoms with Crippen molar-refractivity contribution in [3.05, 3.63) is 40.9 Å². The van der Waals surface area contributed by atoms with Crippen LogP contribution in [0, 0.1) is 0 Å². The lowest BCUT2D eigenvalue weighted by Gasteiger charge is -2.15. The highest BCUT2D eigenvalue weighted by atomic mass is 16.4. The van der Waals surface area contributed by atoms with E-state index in [-0.39, 0.29) is 0 Å². The van der Waals surface area contributed by atoms with E-state index < -0.39 is 7.12 Å². The van der Waals surface area contributed by atoms with Crippen molar-refractivity contribution >= 4 is 13.2 Å². The summed E-state index contributed by atoms with van der Waals surface area (Å²) in [6, 6.07) is 8.04. The van der Waals surface area contributed by atoms with Crippen LogP contribution in [-0.2, 0) is 6.42 Å². The predicted molar refractivity (Wildman–Crippen MR) is 52.9 cm³/mol. The molecule has 2 nitrogen and oxygen atoms in total. The summed E-state index contributed by atoms with van der Waals surface area (Å²) < 4.78 is 0. The summed E-state index contributed by atoms with van der Waals surface area (Å²) in [5.74, 6) is 0. The minimum Gasteiger partial charge on any atom is -0.423 e. The molecule has 0 heterocycles. The van der Waals surface area contributed by atoms with Gasteiger partial charge in [-0.05, 0) is 29.4 Å². The van der Waals surface area contributed by atoms with E-state index in [0.717, 1.165) is 18.4 Å². The van der Waals surface area contributed by atoms with E-state index >= 15 is 0 Å². The summed E-state index contributed by atoms with van der Waals surface area (Å²) in [4.78, 5) is 0. The summed E-state index contributed by atoms with van der Waals surface area (Å²) in [7, 11) is -1.30. The second kappa shape index (κ2) is 3.36. The molecule has 3 heteroatoms. The van der Waals surface area contributed by atoms with Gasteiger partial charge in [0.1, 0.15) is 0 Å². The highest BCUT2D eigenvalue weighted by Gasteiger charge is 2.18. The zero-order valence-electron chi connectivity index (χ0n) is 7.27. The molecule has 0 aromatic heterocycles. The van der Waals surface area contributed by atoms with Crippen molar-refractivity contribution < 1.29 is 10.0 Å². The molecule has 0 bridgehead atoms. The number of hydrogen-bond donors (Lipinski definition) is 2. The summed E-state index contributed by atoms with van der Waals surface area (Å²) in [6.07, 6.45) is 3.51. The summed E-state index contributed by atoms with van der Waals surface area (Å²) in [5, 5.41) is 18.0. The van der Waals surface area contributed by atoms with Gasteiger partial charge in [0.15, 0.2) is 0 Å². The maximum Gasteiger partial charge on any atom is 0.484 e. The molecule has 1 aliphatic rings. The zero-order chi connectivity index (χ0) is 9.26. The first kappa shape index (κ1) is 8.54. The largest absolute Gasteiger partial charge is 0.484 e. The SMILES string of the molecule is OB(O)C1=Cc2ccccc2CC1. The lowest BCUT2D eigenvalue weighted by molar-refractivity contribution is 0.417. The minimum absolute atomic E-state index is 0.707. The Balaban J connectivity index is 2.38. The molecule has 0 spiro atoms. The number of aryl methyl sites for hydroxylation is 1. The number of fused-ring (bicyclic) bond motifs is 1. The summed E-state index contributed by atoms with van der Waals surface area (Å²) in [5.41, 5.74) is 3.10. The second-order valence-corrected chi connectivity index (χ2v) is 3.29. The van der Waals surface area contributed by atoms with E-state index in [9.17, 15) is 0 Å². The molecule has 0 radical (unpaired) electrons. The standard InChI is InChI=1S/C10H11BO2/c12-11(13)10-6-5-8-3-1-2-4-9(8)7-10/h1-4,7,12-13H,5-6H2. The molecule has 0 saturated carbocycles. The van der Waals surface area contributed by atoms with Crippen molar-refractivity contribution in [3.8, 4) is 0 Å². The van der Waals surface area contributed by atoms with Crippen molar-refractivity contribution in [1.29, 1.82) is 0 Å². The van der Waals surface area contributed by atoms with Crippen LogP contribution in [0.1, 0.15) is 17.5 Å². The quantitative estimate of drug-likeness (QED) is 0.624. The molecule has 66 valence electrons. The first-order chi connectivity index (χ1) is 6.27. The second-order valence-electron chi connectivity index (χ2n) is 3.29. The molecule has 0 amide bonds. The lowest BCUT2D eigenvalue weighted by Crippen LogP contribution is -2.18. The third-order valence-electron chi connectivity index (χ3n) is 2.41. The Hall–Kier alpha value is -1.06. The number of benzene rings is 1. The van der Waals surface area contributed by atoms with E-state index in [1.165, 1.54) is 5.56 Å². The lowest BCUT2D eigenvalue weighted by atomic mass is 9.72. The van der Waals surface area contributed by atoms with E-state index in [2.05, 4.69) is 6.07 Å². The topological polar surface area (TPSA) is 40.5 Å². The third-order valence-corrected chi connectivity index (χ3v) is 2.41. The maximum atomic E-state index is 8.99. The van der Waals surface area contributed by atoms with Crippen LogP contribution in [0.5, 0.6) is 0 Å². The van der Waals surface area contributed by atoms with Crippen LogP contribution >= 0.6 is 0 Å². The van der Waals surface area contributed by atoms with Crippen molar-refractivity contribution in [3.63, 3.8) is 0 Å². The Bertz CT molecular complexity index is 345. The van der Waals surface area contributed by atoms with E-state index in [4.69, 9.17) is 10.0 Å². The molecule has 1 aromatic carbocycles. The van der Waals surface area contributed by atoms with Gasteiger partial charge in [-0.1, -0.05) is 30.3 Å². The van der Waals surface area contributed by atoms with Gasteiger partial charge in [-0.2, -0.15) is 0 Å². The van der Waals surface area contributed by atoms with Gasteiger partial charge in [-0.3, -0.25) is 0 Å². The van der Waals surface area contributed by atoms with Crippen LogP contribution in [0.25, 0.3) is 6.08 Å². The maximum absolute atomic E-state index is 8.99. The Morgan fingerprint density at radius 2 is 1.85 bits per heavy atom. The molecule has 0 unspecified atom stereocenters. The molecule has 0 atom stereocenters. The van der Waals surface area contributed by atoms with Crippen LogP contribution in [0.2, 0.25) is 0 Å². The fourth-order valence-corrected chi connectivity index (χ4v) is 1.66. The van der Waals surface area contributed by atoms with Crippen LogP contribution in [-0.4, -0.2) is 17.2 Å². The molecule has 2 rings (SSSR count). The van der Waals surface area contributed by atoms with Gasteiger partial charge < -0.3 is 10.0 Å². The van der Waals surface area contributed by atoms with Crippen molar-refractivity contribution in [2.24, 2.45) is 0 Å². The van der Waals surface area contributed by atoms with Crippen LogP contribution < -0.4 is 0 Å². The fourth-order valence-electron chi connectivity index (χ4n) is 1.66. The van der Waals surface area contributed by atoms with Crippen molar-refractivity contribution in [1.82, 2.24) is 0 Å². The molecule has 0 aliphatic heterocycles. The summed E-state index contributed by atoms with van der Waals surface area (Å²) >= 11 is 0. The Labute approximate surface area is 77.7 Å². The third kappa shape index (κ3) is 1.66. The Kier molecular flexibility index (Phi) is 2.21. The average molecular weight is 174 g/mol. The molecule has 0 fully saturated rings. The van der Waals surface area contributed by atoms with Gasteiger partial charge in [0.05, 0.1) is 0 Å².